The van der Waals surface area contributed by atoms with Gasteiger partial charge < -0.3 is 20.6 Å². The number of carbonyl (C=O) groups is 1. The standard InChI is InChI=1S/C24H30N4O3S2/c1-30-24(29)22(12-13-33-2)28-31-23-21(26-14-17(25)15-32)11-10-20(27-23)19-9-5-7-16-6-3-4-8-18(16)19/h3-11,17,22,26,28,32H,12-15,25H2,1-2H3/t17?,22-/m0/s1. The molecule has 1 heterocycles. The SMILES string of the molecule is COC(=O)[C@H](CCSC)NOc1nc(-c2cccc3ccccc23)ccc1NCC(N)CS. The van der Waals surface area contributed by atoms with Gasteiger partial charge in [0.25, 0.3) is 5.88 Å². The predicted octanol–water partition coefficient (Wildman–Crippen LogP) is 3.75. The van der Waals surface area contributed by atoms with E-state index in [2.05, 4.69) is 41.6 Å². The zero-order valence-corrected chi connectivity index (χ0v) is 20.5. The van der Waals surface area contributed by atoms with Crippen LogP contribution >= 0.6 is 24.4 Å². The molecule has 0 aliphatic heterocycles. The highest BCUT2D eigenvalue weighted by molar-refractivity contribution is 7.98. The van der Waals surface area contributed by atoms with Crippen LogP contribution in [0.25, 0.3) is 22.0 Å². The average molecular weight is 487 g/mol. The summed E-state index contributed by atoms with van der Waals surface area (Å²) < 4.78 is 4.91. The number of esters is 1. The number of methoxy groups -OCH3 is 1. The highest BCUT2D eigenvalue weighted by Gasteiger charge is 2.21. The number of rotatable bonds is 12. The van der Waals surface area contributed by atoms with Crippen LogP contribution in [-0.2, 0) is 9.53 Å². The van der Waals surface area contributed by atoms with Crippen molar-refractivity contribution in [1.29, 1.82) is 0 Å². The fraction of sp³-hybridized carbons (Fsp3) is 0.333. The van der Waals surface area contributed by atoms with Gasteiger partial charge in [-0.3, -0.25) is 4.79 Å². The van der Waals surface area contributed by atoms with Crippen molar-refractivity contribution >= 4 is 46.8 Å². The minimum Gasteiger partial charge on any atom is -0.468 e. The van der Waals surface area contributed by atoms with Crippen LogP contribution in [0.1, 0.15) is 6.42 Å². The molecule has 0 amide bonds. The van der Waals surface area contributed by atoms with Crippen LogP contribution in [0.3, 0.4) is 0 Å². The number of nitrogens with two attached hydrogens (primary N) is 1. The zero-order valence-electron chi connectivity index (χ0n) is 18.8. The molecular weight excluding hydrogens is 456 g/mol. The summed E-state index contributed by atoms with van der Waals surface area (Å²) in [5.74, 6) is 1.26. The Balaban J connectivity index is 1.92. The second-order valence-corrected chi connectivity index (χ2v) is 8.83. The minimum atomic E-state index is -0.613. The number of hydroxylamine groups is 1. The van der Waals surface area contributed by atoms with Gasteiger partial charge in [-0.2, -0.15) is 24.4 Å². The van der Waals surface area contributed by atoms with Crippen LogP contribution < -0.4 is 21.4 Å². The molecule has 0 saturated heterocycles. The lowest BCUT2D eigenvalue weighted by Gasteiger charge is -2.19. The Bertz CT molecular complexity index is 1060. The molecular formula is C24H30N4O3S2. The van der Waals surface area contributed by atoms with Gasteiger partial charge in [0, 0.05) is 23.9 Å². The van der Waals surface area contributed by atoms with Gasteiger partial charge in [0.15, 0.2) is 0 Å². The lowest BCUT2D eigenvalue weighted by Crippen LogP contribution is -2.40. The molecule has 0 saturated carbocycles. The summed E-state index contributed by atoms with van der Waals surface area (Å²) in [5, 5.41) is 5.49. The fourth-order valence-corrected chi connectivity index (χ4v) is 3.89. The Morgan fingerprint density at radius 3 is 2.73 bits per heavy atom. The summed E-state index contributed by atoms with van der Waals surface area (Å²) in [6.07, 6.45) is 2.54. The summed E-state index contributed by atoms with van der Waals surface area (Å²) in [4.78, 5) is 22.8. The van der Waals surface area contributed by atoms with E-state index in [4.69, 9.17) is 20.3 Å². The molecule has 176 valence electrons. The van der Waals surface area contributed by atoms with Crippen LogP contribution in [-0.4, -0.2) is 54.5 Å². The van der Waals surface area contributed by atoms with E-state index < -0.39 is 6.04 Å². The van der Waals surface area contributed by atoms with Gasteiger partial charge in [-0.25, -0.2) is 4.98 Å². The van der Waals surface area contributed by atoms with Crippen molar-refractivity contribution in [2.45, 2.75) is 18.5 Å². The van der Waals surface area contributed by atoms with Gasteiger partial charge in [-0.05, 0) is 41.3 Å². The molecule has 0 aliphatic rings. The van der Waals surface area contributed by atoms with E-state index in [0.29, 0.717) is 30.3 Å². The van der Waals surface area contributed by atoms with Gasteiger partial charge in [0.1, 0.15) is 6.04 Å². The van der Waals surface area contributed by atoms with Crippen molar-refractivity contribution in [3.63, 3.8) is 0 Å². The number of thioether (sulfide) groups is 1. The quantitative estimate of drug-likeness (QED) is 0.175. The molecule has 0 aliphatic carbocycles. The number of thiol groups is 1. The van der Waals surface area contributed by atoms with Crippen molar-refractivity contribution < 1.29 is 14.4 Å². The van der Waals surface area contributed by atoms with Gasteiger partial charge in [0.05, 0.1) is 18.5 Å². The normalized spacial score (nSPS) is 12.8. The predicted molar refractivity (Wildman–Crippen MR) is 140 cm³/mol. The molecule has 1 unspecified atom stereocenters. The molecule has 9 heteroatoms. The third-order valence-corrected chi connectivity index (χ3v) is 6.22. The smallest absolute Gasteiger partial charge is 0.326 e. The number of hydrogen-bond donors (Lipinski definition) is 4. The Morgan fingerprint density at radius 2 is 1.97 bits per heavy atom. The molecule has 3 rings (SSSR count). The van der Waals surface area contributed by atoms with E-state index in [1.54, 1.807) is 11.8 Å². The summed E-state index contributed by atoms with van der Waals surface area (Å²) in [6, 6.07) is 17.4. The second kappa shape index (κ2) is 12.7. The minimum absolute atomic E-state index is 0.128. The summed E-state index contributed by atoms with van der Waals surface area (Å²) >= 11 is 5.89. The summed E-state index contributed by atoms with van der Waals surface area (Å²) in [7, 11) is 1.36. The first-order valence-corrected chi connectivity index (χ1v) is 12.7. The Morgan fingerprint density at radius 1 is 1.18 bits per heavy atom. The molecule has 0 bridgehead atoms. The van der Waals surface area contributed by atoms with E-state index in [-0.39, 0.29) is 12.0 Å². The first-order chi connectivity index (χ1) is 16.1. The van der Waals surface area contributed by atoms with Crippen LogP contribution in [0, 0.1) is 0 Å². The maximum absolute atomic E-state index is 12.2. The van der Waals surface area contributed by atoms with Gasteiger partial charge in [-0.1, -0.05) is 42.5 Å². The van der Waals surface area contributed by atoms with Crippen molar-refractivity contribution in [3.8, 4) is 17.1 Å². The van der Waals surface area contributed by atoms with Crippen molar-refractivity contribution in [2.75, 3.05) is 36.7 Å². The molecule has 7 nitrogen and oxygen atoms in total. The molecule has 33 heavy (non-hydrogen) atoms. The van der Waals surface area contributed by atoms with Crippen molar-refractivity contribution in [2.24, 2.45) is 5.73 Å². The number of fused-ring (bicyclic) bond motifs is 1. The molecule has 2 atom stereocenters. The Kier molecular flexibility index (Phi) is 9.68. The van der Waals surface area contributed by atoms with Crippen LogP contribution in [0.15, 0.2) is 54.6 Å². The topological polar surface area (TPSA) is 98.5 Å². The first kappa shape index (κ1) is 25.2. The van der Waals surface area contributed by atoms with Gasteiger partial charge >= 0.3 is 5.97 Å². The molecule has 4 N–H and O–H groups in total. The fourth-order valence-electron chi connectivity index (χ4n) is 3.29. The number of aromatic nitrogens is 1. The maximum Gasteiger partial charge on any atom is 0.326 e. The van der Waals surface area contributed by atoms with Crippen LogP contribution in [0.2, 0.25) is 0 Å². The molecule has 3 aromatic rings. The van der Waals surface area contributed by atoms with Crippen molar-refractivity contribution in [1.82, 2.24) is 10.5 Å². The third-order valence-electron chi connectivity index (χ3n) is 5.11. The largest absolute Gasteiger partial charge is 0.468 e. The maximum atomic E-state index is 12.2. The lowest BCUT2D eigenvalue weighted by atomic mass is 10.0. The number of nitrogens with one attached hydrogen (secondary N) is 2. The average Bonchev–Trinajstić information content (AvgIpc) is 2.86. The van der Waals surface area contributed by atoms with E-state index >= 15 is 0 Å². The van der Waals surface area contributed by atoms with Crippen LogP contribution in [0.4, 0.5) is 5.69 Å². The van der Waals surface area contributed by atoms with E-state index in [0.717, 1.165) is 27.8 Å². The number of hydrogen-bond acceptors (Lipinski definition) is 9. The Hall–Kier alpha value is -2.46. The molecule has 0 spiro atoms. The van der Waals surface area contributed by atoms with Gasteiger partial charge in [0.2, 0.25) is 0 Å². The first-order valence-electron chi connectivity index (χ1n) is 10.7. The number of pyridine rings is 1. The van der Waals surface area contributed by atoms with E-state index in [1.807, 2.05) is 42.7 Å². The molecule has 1 aromatic heterocycles. The number of anilines is 1. The van der Waals surface area contributed by atoms with Crippen molar-refractivity contribution in [3.05, 3.63) is 54.6 Å². The summed E-state index contributed by atoms with van der Waals surface area (Å²) in [6.45, 7) is 0.502. The number of benzene rings is 2. The number of carbonyl (C=O) groups excluding carboxylic acids is 1. The van der Waals surface area contributed by atoms with E-state index in [1.165, 1.54) is 7.11 Å². The van der Waals surface area contributed by atoms with Gasteiger partial charge in [-0.15, -0.1) is 5.48 Å². The number of nitrogens with zero attached hydrogens (tertiary/aromatic N) is 1. The monoisotopic (exact) mass is 486 g/mol. The third kappa shape index (κ3) is 6.77. The molecule has 2 aromatic carbocycles. The van der Waals surface area contributed by atoms with E-state index in [9.17, 15) is 4.79 Å². The zero-order chi connectivity index (χ0) is 23.6. The molecule has 0 fully saturated rings. The second-order valence-electron chi connectivity index (χ2n) is 7.48. The summed E-state index contributed by atoms with van der Waals surface area (Å²) in [5.41, 5.74) is 11.3. The highest BCUT2D eigenvalue weighted by atomic mass is 32.2. The molecule has 0 radical (unpaired) electrons. The van der Waals surface area contributed by atoms with Crippen LogP contribution in [0.5, 0.6) is 5.88 Å². The highest BCUT2D eigenvalue weighted by Crippen LogP contribution is 2.31. The Labute approximate surface area is 204 Å². The lowest BCUT2D eigenvalue weighted by molar-refractivity contribution is -0.145. The number of ether oxygens (including phenoxy) is 1.